The van der Waals surface area contributed by atoms with E-state index in [9.17, 15) is 9.59 Å². The molecule has 2 amide bonds. The Labute approximate surface area is 138 Å². The van der Waals surface area contributed by atoms with Gasteiger partial charge < -0.3 is 15.4 Å². The van der Waals surface area contributed by atoms with Crippen molar-refractivity contribution in [1.82, 2.24) is 19.9 Å². The molecule has 1 aliphatic rings. The fraction of sp³-hybridized carbons (Fsp3) is 0.312. The lowest BCUT2D eigenvalue weighted by atomic mass is 10.1. The Hall–Kier alpha value is -3.03. The molecule has 2 aromatic heterocycles. The van der Waals surface area contributed by atoms with Crippen molar-refractivity contribution in [2.45, 2.75) is 18.9 Å². The zero-order chi connectivity index (χ0) is 16.9. The summed E-state index contributed by atoms with van der Waals surface area (Å²) in [6, 6.07) is 4.83. The van der Waals surface area contributed by atoms with Gasteiger partial charge in [0.2, 0.25) is 5.82 Å². The van der Waals surface area contributed by atoms with Gasteiger partial charge in [0, 0.05) is 31.2 Å². The molecule has 0 aliphatic carbocycles. The fourth-order valence-electron chi connectivity index (χ4n) is 2.58. The summed E-state index contributed by atoms with van der Waals surface area (Å²) in [7, 11) is 0. The van der Waals surface area contributed by atoms with Crippen molar-refractivity contribution < 1.29 is 14.3 Å². The van der Waals surface area contributed by atoms with Crippen LogP contribution in [0.25, 0.3) is 0 Å². The van der Waals surface area contributed by atoms with Crippen molar-refractivity contribution in [1.29, 1.82) is 0 Å². The highest BCUT2D eigenvalue weighted by atomic mass is 16.5. The third kappa shape index (κ3) is 3.65. The van der Waals surface area contributed by atoms with E-state index < -0.39 is 5.91 Å². The lowest BCUT2D eigenvalue weighted by Gasteiger charge is -2.32. The molecule has 0 saturated carbocycles. The van der Waals surface area contributed by atoms with Crippen LogP contribution >= 0.6 is 0 Å². The predicted octanol–water partition coefficient (Wildman–Crippen LogP) is 0.654. The second-order valence-electron chi connectivity index (χ2n) is 5.45. The van der Waals surface area contributed by atoms with Crippen LogP contribution in [0.15, 0.2) is 36.8 Å². The summed E-state index contributed by atoms with van der Waals surface area (Å²) in [5.74, 6) is -0.134. The minimum absolute atomic E-state index is 0.147. The summed E-state index contributed by atoms with van der Waals surface area (Å²) in [5, 5.41) is 0. The smallest absolute Gasteiger partial charge is 0.291 e. The van der Waals surface area contributed by atoms with Gasteiger partial charge in [-0.15, -0.1) is 0 Å². The number of nitrogens with two attached hydrogens (primary N) is 1. The van der Waals surface area contributed by atoms with Crippen molar-refractivity contribution in [3.05, 3.63) is 48.3 Å². The number of primary amides is 1. The second kappa shape index (κ2) is 7.03. The Balaban J connectivity index is 1.66. The molecule has 0 aromatic carbocycles. The minimum atomic E-state index is -0.609. The van der Waals surface area contributed by atoms with Crippen LogP contribution in [0.3, 0.4) is 0 Å². The van der Waals surface area contributed by atoms with Gasteiger partial charge in [-0.2, -0.15) is 0 Å². The molecule has 124 valence electrons. The Kier molecular flexibility index (Phi) is 4.64. The number of carbonyl (C=O) groups is 2. The van der Waals surface area contributed by atoms with Crippen LogP contribution in [0.2, 0.25) is 0 Å². The van der Waals surface area contributed by atoms with Crippen molar-refractivity contribution >= 4 is 11.8 Å². The minimum Gasteiger partial charge on any atom is -0.488 e. The van der Waals surface area contributed by atoms with E-state index in [0.29, 0.717) is 18.8 Å². The number of hydrogen-bond acceptors (Lipinski definition) is 6. The Morgan fingerprint density at radius 1 is 1.21 bits per heavy atom. The van der Waals surface area contributed by atoms with Gasteiger partial charge in [0.1, 0.15) is 17.5 Å². The van der Waals surface area contributed by atoms with Crippen LogP contribution in [0.4, 0.5) is 0 Å². The maximum atomic E-state index is 12.4. The van der Waals surface area contributed by atoms with Gasteiger partial charge in [0.05, 0.1) is 6.54 Å². The first kappa shape index (κ1) is 15.9. The number of pyridine rings is 1. The average molecular weight is 327 g/mol. The van der Waals surface area contributed by atoms with Crippen LogP contribution in [-0.2, 0) is 0 Å². The first-order valence-electron chi connectivity index (χ1n) is 7.62. The fourth-order valence-corrected chi connectivity index (χ4v) is 2.58. The summed E-state index contributed by atoms with van der Waals surface area (Å²) in [6.07, 6.45) is 6.01. The lowest BCUT2D eigenvalue weighted by molar-refractivity contribution is 0.0526. The average Bonchev–Trinajstić information content (AvgIpc) is 2.62. The quantitative estimate of drug-likeness (QED) is 0.882. The first-order chi connectivity index (χ1) is 11.6. The van der Waals surface area contributed by atoms with E-state index in [-0.39, 0.29) is 23.5 Å². The second-order valence-corrected chi connectivity index (χ2v) is 5.45. The summed E-state index contributed by atoms with van der Waals surface area (Å²) < 4.78 is 5.88. The predicted molar refractivity (Wildman–Crippen MR) is 84.3 cm³/mol. The monoisotopic (exact) mass is 327 g/mol. The number of ether oxygens (including phenoxy) is 1. The maximum Gasteiger partial charge on any atom is 0.291 e. The van der Waals surface area contributed by atoms with Crippen LogP contribution in [0, 0.1) is 0 Å². The molecule has 3 heterocycles. The molecular weight excluding hydrogens is 310 g/mol. The number of piperidine rings is 1. The molecule has 24 heavy (non-hydrogen) atoms. The SMILES string of the molecule is NC(=O)c1cc(OC2CCCN(C(=O)c3ncccn3)C2)ccn1. The highest BCUT2D eigenvalue weighted by Gasteiger charge is 2.27. The van der Waals surface area contributed by atoms with E-state index in [2.05, 4.69) is 15.0 Å². The zero-order valence-electron chi connectivity index (χ0n) is 13.0. The van der Waals surface area contributed by atoms with E-state index in [1.807, 2.05) is 0 Å². The Morgan fingerprint density at radius 3 is 2.75 bits per heavy atom. The van der Waals surface area contributed by atoms with Crippen molar-refractivity contribution in [2.75, 3.05) is 13.1 Å². The molecule has 1 saturated heterocycles. The van der Waals surface area contributed by atoms with Crippen molar-refractivity contribution in [2.24, 2.45) is 5.73 Å². The number of nitrogens with zero attached hydrogens (tertiary/aromatic N) is 4. The molecule has 2 N–H and O–H groups in total. The number of hydrogen-bond donors (Lipinski definition) is 1. The largest absolute Gasteiger partial charge is 0.488 e. The van der Waals surface area contributed by atoms with Crippen LogP contribution in [0.1, 0.15) is 33.9 Å². The first-order valence-corrected chi connectivity index (χ1v) is 7.62. The molecule has 1 fully saturated rings. The summed E-state index contributed by atoms with van der Waals surface area (Å²) in [5.41, 5.74) is 5.37. The highest BCUT2D eigenvalue weighted by molar-refractivity contribution is 5.91. The molecule has 8 nitrogen and oxygen atoms in total. The number of carbonyl (C=O) groups excluding carboxylic acids is 2. The molecule has 1 aliphatic heterocycles. The number of likely N-dealkylation sites (tertiary alicyclic amines) is 1. The molecule has 2 aromatic rings. The van der Waals surface area contributed by atoms with Crippen LogP contribution in [0.5, 0.6) is 5.75 Å². The summed E-state index contributed by atoms with van der Waals surface area (Å²) in [6.45, 7) is 1.07. The Bertz CT molecular complexity index is 738. The van der Waals surface area contributed by atoms with Crippen LogP contribution in [-0.4, -0.2) is 50.9 Å². The van der Waals surface area contributed by atoms with E-state index in [4.69, 9.17) is 10.5 Å². The molecule has 8 heteroatoms. The van der Waals surface area contributed by atoms with Gasteiger partial charge >= 0.3 is 0 Å². The molecule has 0 bridgehead atoms. The molecular formula is C16H17N5O3. The molecule has 0 radical (unpaired) electrons. The van der Waals surface area contributed by atoms with Gasteiger partial charge in [-0.05, 0) is 25.0 Å². The molecule has 0 spiro atoms. The highest BCUT2D eigenvalue weighted by Crippen LogP contribution is 2.19. The normalized spacial score (nSPS) is 17.3. The maximum absolute atomic E-state index is 12.4. The zero-order valence-corrected chi connectivity index (χ0v) is 13.0. The van der Waals surface area contributed by atoms with Crippen molar-refractivity contribution in [3.63, 3.8) is 0 Å². The number of aromatic nitrogens is 3. The Morgan fingerprint density at radius 2 is 2.00 bits per heavy atom. The van der Waals surface area contributed by atoms with Gasteiger partial charge in [-0.3, -0.25) is 14.6 Å². The van der Waals surface area contributed by atoms with Gasteiger partial charge in [0.25, 0.3) is 11.8 Å². The number of amides is 2. The standard InChI is InChI=1S/C16H17N5O3/c17-14(22)13-9-11(4-7-18-13)24-12-3-1-8-21(10-12)16(23)15-19-5-2-6-20-15/h2,4-7,9,12H,1,3,8,10H2,(H2,17,22). The van der Waals surface area contributed by atoms with E-state index in [0.717, 1.165) is 12.8 Å². The third-order valence-corrected chi connectivity index (χ3v) is 3.71. The van der Waals surface area contributed by atoms with Gasteiger partial charge in [-0.25, -0.2) is 9.97 Å². The van der Waals surface area contributed by atoms with Gasteiger partial charge in [-0.1, -0.05) is 0 Å². The van der Waals surface area contributed by atoms with Crippen molar-refractivity contribution in [3.8, 4) is 5.75 Å². The van der Waals surface area contributed by atoms with E-state index in [1.165, 1.54) is 12.3 Å². The van der Waals surface area contributed by atoms with Crippen LogP contribution < -0.4 is 10.5 Å². The topological polar surface area (TPSA) is 111 Å². The summed E-state index contributed by atoms with van der Waals surface area (Å²) >= 11 is 0. The summed E-state index contributed by atoms with van der Waals surface area (Å²) in [4.78, 5) is 37.1. The number of rotatable bonds is 4. The molecule has 1 unspecified atom stereocenters. The molecule has 3 rings (SSSR count). The third-order valence-electron chi connectivity index (χ3n) is 3.71. The lowest BCUT2D eigenvalue weighted by Crippen LogP contribution is -2.44. The van der Waals surface area contributed by atoms with Gasteiger partial charge in [0.15, 0.2) is 0 Å². The molecule has 1 atom stereocenters. The van der Waals surface area contributed by atoms with E-state index >= 15 is 0 Å². The van der Waals surface area contributed by atoms with E-state index in [1.54, 1.807) is 29.4 Å².